The highest BCUT2D eigenvalue weighted by Crippen LogP contribution is 2.20. The molecular weight excluding hydrogens is 238 g/mol. The van der Waals surface area contributed by atoms with Crippen LogP contribution in [0, 0.1) is 0 Å². The van der Waals surface area contributed by atoms with E-state index in [9.17, 15) is 4.79 Å². The minimum Gasteiger partial charge on any atom is -0.347 e. The van der Waals surface area contributed by atoms with Crippen LogP contribution in [0.5, 0.6) is 0 Å². The van der Waals surface area contributed by atoms with E-state index in [2.05, 4.69) is 9.99 Å². The highest BCUT2D eigenvalue weighted by Gasteiger charge is 2.03. The lowest BCUT2D eigenvalue weighted by atomic mass is 10.2. The number of nitrogens with two attached hydrogens (primary N) is 1. The van der Waals surface area contributed by atoms with Gasteiger partial charge in [0.1, 0.15) is 0 Å². The second-order valence-corrected chi connectivity index (χ2v) is 4.32. The molecule has 17 heavy (non-hydrogen) atoms. The summed E-state index contributed by atoms with van der Waals surface area (Å²) in [6.45, 7) is 0.790. The Morgan fingerprint density at radius 2 is 2.24 bits per heavy atom. The number of hydrazine groups is 1. The highest BCUT2D eigenvalue weighted by molar-refractivity contribution is 6.31. The predicted octanol–water partition coefficient (Wildman–Crippen LogP) is 2.06. The number of fused-ring (bicyclic) bond motifs is 1. The van der Waals surface area contributed by atoms with Crippen LogP contribution in [0.2, 0.25) is 5.02 Å². The van der Waals surface area contributed by atoms with Crippen molar-refractivity contribution >= 4 is 28.4 Å². The maximum atomic E-state index is 11.0. The van der Waals surface area contributed by atoms with Crippen LogP contribution in [0.25, 0.3) is 10.9 Å². The van der Waals surface area contributed by atoms with Gasteiger partial charge in [0, 0.05) is 35.1 Å². The molecule has 0 spiro atoms. The summed E-state index contributed by atoms with van der Waals surface area (Å²) < 4.78 is 2.11. The molecule has 0 aliphatic heterocycles. The standard InChI is InChI=1S/C12H14ClN3O/c13-10-3-4-11-9(8-10)5-7-16(11)6-1-2-12(17)15-14/h3-5,7-8H,1-2,6,14H2,(H,15,17). The molecule has 0 radical (unpaired) electrons. The molecule has 0 saturated heterocycles. The number of aromatic nitrogens is 1. The van der Waals surface area contributed by atoms with E-state index in [1.165, 1.54) is 0 Å². The molecule has 1 aromatic heterocycles. The van der Waals surface area contributed by atoms with Gasteiger partial charge in [0.05, 0.1) is 0 Å². The molecule has 0 atom stereocenters. The summed E-state index contributed by atoms with van der Waals surface area (Å²) in [6, 6.07) is 7.80. The zero-order valence-corrected chi connectivity index (χ0v) is 10.1. The van der Waals surface area contributed by atoms with Crippen molar-refractivity contribution in [1.29, 1.82) is 0 Å². The Hall–Kier alpha value is -1.52. The smallest absolute Gasteiger partial charge is 0.233 e. The van der Waals surface area contributed by atoms with Gasteiger partial charge < -0.3 is 4.57 Å². The number of carbonyl (C=O) groups excluding carboxylic acids is 1. The van der Waals surface area contributed by atoms with E-state index in [0.717, 1.165) is 28.9 Å². The molecule has 0 aliphatic rings. The van der Waals surface area contributed by atoms with Crippen LogP contribution in [0.1, 0.15) is 12.8 Å². The predicted molar refractivity (Wildman–Crippen MR) is 68.5 cm³/mol. The third kappa shape index (κ3) is 2.78. The highest BCUT2D eigenvalue weighted by atomic mass is 35.5. The summed E-state index contributed by atoms with van der Waals surface area (Å²) in [4.78, 5) is 11.0. The van der Waals surface area contributed by atoms with Crippen LogP contribution in [0.15, 0.2) is 30.5 Å². The number of hydrogen-bond donors (Lipinski definition) is 2. The number of halogens is 1. The fraction of sp³-hybridized carbons (Fsp3) is 0.250. The van der Waals surface area contributed by atoms with Crippen molar-refractivity contribution in [2.24, 2.45) is 5.84 Å². The topological polar surface area (TPSA) is 60.0 Å². The van der Waals surface area contributed by atoms with Gasteiger partial charge in [0.25, 0.3) is 0 Å². The Labute approximate surface area is 104 Å². The lowest BCUT2D eigenvalue weighted by Gasteiger charge is -2.05. The Bertz CT molecular complexity index is 536. The van der Waals surface area contributed by atoms with E-state index in [1.54, 1.807) is 0 Å². The average molecular weight is 252 g/mol. The molecule has 4 nitrogen and oxygen atoms in total. The zero-order valence-electron chi connectivity index (χ0n) is 9.32. The first-order valence-electron chi connectivity index (χ1n) is 5.44. The quantitative estimate of drug-likeness (QED) is 0.496. The van der Waals surface area contributed by atoms with E-state index < -0.39 is 0 Å². The molecule has 2 rings (SSSR count). The van der Waals surface area contributed by atoms with Gasteiger partial charge in [0.15, 0.2) is 0 Å². The van der Waals surface area contributed by atoms with Crippen LogP contribution in [-0.4, -0.2) is 10.5 Å². The molecule has 2 aromatic rings. The fourth-order valence-corrected chi connectivity index (χ4v) is 2.03. The molecule has 1 heterocycles. The Balaban J connectivity index is 2.06. The van der Waals surface area contributed by atoms with Crippen LogP contribution in [0.4, 0.5) is 0 Å². The molecular formula is C12H14ClN3O. The van der Waals surface area contributed by atoms with Crippen LogP contribution < -0.4 is 11.3 Å². The fourth-order valence-electron chi connectivity index (χ4n) is 1.85. The Kier molecular flexibility index (Phi) is 3.66. The maximum Gasteiger partial charge on any atom is 0.233 e. The van der Waals surface area contributed by atoms with Gasteiger partial charge in [-0.25, -0.2) is 5.84 Å². The normalized spacial score (nSPS) is 10.7. The summed E-state index contributed by atoms with van der Waals surface area (Å²) in [6.07, 6.45) is 3.19. The molecule has 1 amide bonds. The number of rotatable bonds is 4. The molecule has 0 bridgehead atoms. The molecule has 0 saturated carbocycles. The van der Waals surface area contributed by atoms with E-state index in [0.29, 0.717) is 6.42 Å². The SMILES string of the molecule is NNC(=O)CCCn1ccc2cc(Cl)ccc21. The lowest BCUT2D eigenvalue weighted by Crippen LogP contribution is -2.29. The number of carbonyl (C=O) groups is 1. The van der Waals surface area contributed by atoms with E-state index in [4.69, 9.17) is 17.4 Å². The molecule has 3 N–H and O–H groups in total. The number of hydrogen-bond acceptors (Lipinski definition) is 2. The van der Waals surface area contributed by atoms with Crippen molar-refractivity contribution in [3.63, 3.8) is 0 Å². The van der Waals surface area contributed by atoms with Crippen LogP contribution in [0.3, 0.4) is 0 Å². The van der Waals surface area contributed by atoms with Gasteiger partial charge in [-0.15, -0.1) is 0 Å². The minimum absolute atomic E-state index is 0.135. The number of aryl methyl sites for hydroxylation is 1. The lowest BCUT2D eigenvalue weighted by molar-refractivity contribution is -0.121. The average Bonchev–Trinajstić information content (AvgIpc) is 2.71. The third-order valence-corrected chi connectivity index (χ3v) is 2.93. The van der Waals surface area contributed by atoms with Crippen LogP contribution in [-0.2, 0) is 11.3 Å². The first-order chi connectivity index (χ1) is 8.20. The van der Waals surface area contributed by atoms with Gasteiger partial charge in [-0.1, -0.05) is 11.6 Å². The maximum absolute atomic E-state index is 11.0. The molecule has 0 aliphatic carbocycles. The first-order valence-corrected chi connectivity index (χ1v) is 5.82. The number of amides is 1. The number of benzene rings is 1. The minimum atomic E-state index is -0.135. The number of nitrogens with one attached hydrogen (secondary N) is 1. The summed E-state index contributed by atoms with van der Waals surface area (Å²) in [5.41, 5.74) is 3.25. The van der Waals surface area contributed by atoms with Crippen molar-refractivity contribution in [2.75, 3.05) is 0 Å². The number of nitrogens with zero attached hydrogens (tertiary/aromatic N) is 1. The van der Waals surface area contributed by atoms with Crippen LogP contribution >= 0.6 is 11.6 Å². The molecule has 0 fully saturated rings. The molecule has 90 valence electrons. The van der Waals surface area contributed by atoms with Crippen molar-refractivity contribution < 1.29 is 4.79 Å². The Morgan fingerprint density at radius 1 is 1.41 bits per heavy atom. The third-order valence-electron chi connectivity index (χ3n) is 2.70. The van der Waals surface area contributed by atoms with Gasteiger partial charge >= 0.3 is 0 Å². The first kappa shape index (κ1) is 12.0. The van der Waals surface area contributed by atoms with Crippen molar-refractivity contribution in [2.45, 2.75) is 19.4 Å². The largest absolute Gasteiger partial charge is 0.347 e. The summed E-state index contributed by atoms with van der Waals surface area (Å²) in [5, 5.41) is 1.85. The van der Waals surface area contributed by atoms with Crippen molar-refractivity contribution in [1.82, 2.24) is 9.99 Å². The summed E-state index contributed by atoms with van der Waals surface area (Å²) in [7, 11) is 0. The van der Waals surface area contributed by atoms with Gasteiger partial charge in [0.2, 0.25) is 5.91 Å². The van der Waals surface area contributed by atoms with Gasteiger partial charge in [-0.3, -0.25) is 10.2 Å². The van der Waals surface area contributed by atoms with E-state index >= 15 is 0 Å². The second-order valence-electron chi connectivity index (χ2n) is 3.88. The van der Waals surface area contributed by atoms with E-state index in [-0.39, 0.29) is 5.91 Å². The summed E-state index contributed by atoms with van der Waals surface area (Å²) in [5.74, 6) is 4.88. The zero-order chi connectivity index (χ0) is 12.3. The monoisotopic (exact) mass is 251 g/mol. The van der Waals surface area contributed by atoms with E-state index in [1.807, 2.05) is 30.5 Å². The van der Waals surface area contributed by atoms with Crippen molar-refractivity contribution in [3.8, 4) is 0 Å². The van der Waals surface area contributed by atoms with Gasteiger partial charge in [-0.2, -0.15) is 0 Å². The summed E-state index contributed by atoms with van der Waals surface area (Å²) >= 11 is 5.92. The van der Waals surface area contributed by atoms with Crippen molar-refractivity contribution in [3.05, 3.63) is 35.5 Å². The Morgan fingerprint density at radius 3 is 3.00 bits per heavy atom. The molecule has 5 heteroatoms. The molecule has 0 unspecified atom stereocenters. The van der Waals surface area contributed by atoms with Gasteiger partial charge in [-0.05, 0) is 30.7 Å². The second kappa shape index (κ2) is 5.21. The molecule has 1 aromatic carbocycles.